The third kappa shape index (κ3) is 0.956. The molecular weight excluding hydrogens is 174 g/mol. The highest BCUT2D eigenvalue weighted by atomic mass is 14.8. The minimum Gasteiger partial charge on any atom is -0.255 e. The first-order valence-corrected chi connectivity index (χ1v) is 4.30. The molecule has 3 nitrogen and oxygen atoms in total. The van der Waals surface area contributed by atoms with E-state index in [9.17, 15) is 0 Å². The van der Waals surface area contributed by atoms with E-state index in [0.29, 0.717) is 6.04 Å². The lowest BCUT2D eigenvalue weighted by molar-refractivity contribution is 1.22. The fourth-order valence-electron chi connectivity index (χ4n) is 1.55. The first-order chi connectivity index (χ1) is 7.34. The third-order valence-electron chi connectivity index (χ3n) is 2.20. The number of aromatic nitrogens is 3. The zero-order valence-corrected chi connectivity index (χ0v) is 7.31. The van der Waals surface area contributed by atoms with Gasteiger partial charge in [0, 0.05) is 23.2 Å². The number of hydrogen-bond donors (Lipinski definition) is 0. The van der Waals surface area contributed by atoms with E-state index in [-0.39, 0.29) is 0 Å². The molecule has 0 radical (unpaired) electrons. The maximum absolute atomic E-state index is 7.49. The van der Waals surface area contributed by atoms with Crippen LogP contribution in [0.4, 0.5) is 0 Å². The van der Waals surface area contributed by atoms with Crippen molar-refractivity contribution in [1.29, 1.82) is 0 Å². The van der Waals surface area contributed by atoms with E-state index in [4.69, 9.17) is 1.37 Å². The maximum Gasteiger partial charge on any atom is 0.116 e. The van der Waals surface area contributed by atoms with Gasteiger partial charge in [0.25, 0.3) is 0 Å². The molecule has 3 heteroatoms. The van der Waals surface area contributed by atoms with Gasteiger partial charge >= 0.3 is 0 Å². The molecule has 0 amide bonds. The van der Waals surface area contributed by atoms with Crippen molar-refractivity contribution in [3.8, 4) is 0 Å². The number of hydrogen-bond acceptors (Lipinski definition) is 3. The van der Waals surface area contributed by atoms with Crippen molar-refractivity contribution in [2.75, 3.05) is 0 Å². The number of rotatable bonds is 0. The van der Waals surface area contributed by atoms with Gasteiger partial charge < -0.3 is 0 Å². The highest BCUT2D eigenvalue weighted by Crippen LogP contribution is 2.20. The van der Waals surface area contributed by atoms with Crippen LogP contribution in [0.25, 0.3) is 21.8 Å². The first-order valence-electron chi connectivity index (χ1n) is 4.80. The summed E-state index contributed by atoms with van der Waals surface area (Å²) in [6.45, 7) is 0. The van der Waals surface area contributed by atoms with Crippen molar-refractivity contribution in [2.24, 2.45) is 0 Å². The van der Waals surface area contributed by atoms with Crippen LogP contribution in [-0.4, -0.2) is 15.0 Å². The van der Waals surface area contributed by atoms with Gasteiger partial charge in [-0.25, -0.2) is 9.97 Å². The van der Waals surface area contributed by atoms with Gasteiger partial charge in [0.1, 0.15) is 6.33 Å². The Balaban J connectivity index is 2.55. The van der Waals surface area contributed by atoms with E-state index in [0.717, 1.165) is 21.8 Å². The van der Waals surface area contributed by atoms with Crippen molar-refractivity contribution in [2.45, 2.75) is 0 Å². The fraction of sp³-hybridized carbons (Fsp3) is 0. The van der Waals surface area contributed by atoms with Gasteiger partial charge in [-0.3, -0.25) is 4.98 Å². The standard InChI is InChI=1S/C11H7N3/c1-2-8-3-4-10-9(6-12-7-14-10)11(8)13-5-1/h1-7H/i1D. The van der Waals surface area contributed by atoms with Gasteiger partial charge in [-0.1, -0.05) is 12.1 Å². The van der Waals surface area contributed by atoms with Gasteiger partial charge in [0.2, 0.25) is 0 Å². The molecule has 0 bridgehead atoms. The second-order valence-electron chi connectivity index (χ2n) is 3.03. The number of benzene rings is 1. The van der Waals surface area contributed by atoms with Crippen LogP contribution in [-0.2, 0) is 0 Å². The molecule has 2 aromatic heterocycles. The summed E-state index contributed by atoms with van der Waals surface area (Å²) in [5.41, 5.74) is 1.73. The first kappa shape index (κ1) is 6.43. The van der Waals surface area contributed by atoms with E-state index >= 15 is 0 Å². The molecule has 0 spiro atoms. The van der Waals surface area contributed by atoms with Crippen molar-refractivity contribution in [1.82, 2.24) is 15.0 Å². The Morgan fingerprint density at radius 3 is 3.14 bits per heavy atom. The third-order valence-corrected chi connectivity index (χ3v) is 2.20. The minimum atomic E-state index is 0.415. The smallest absolute Gasteiger partial charge is 0.116 e. The summed E-state index contributed by atoms with van der Waals surface area (Å²) in [6.07, 6.45) is 4.81. The molecule has 2 heterocycles. The largest absolute Gasteiger partial charge is 0.255 e. The summed E-state index contributed by atoms with van der Waals surface area (Å²) in [5.74, 6) is 0. The minimum absolute atomic E-state index is 0.415. The summed E-state index contributed by atoms with van der Waals surface area (Å²) in [6, 6.07) is 6.05. The molecule has 66 valence electrons. The fourth-order valence-corrected chi connectivity index (χ4v) is 1.55. The summed E-state index contributed by atoms with van der Waals surface area (Å²) in [4.78, 5) is 12.4. The van der Waals surface area contributed by atoms with Crippen LogP contribution in [0.2, 0.25) is 0 Å². The summed E-state index contributed by atoms with van der Waals surface area (Å²) >= 11 is 0. The van der Waals surface area contributed by atoms with Gasteiger partial charge in [-0.15, -0.1) is 0 Å². The molecule has 0 N–H and O–H groups in total. The summed E-state index contributed by atoms with van der Waals surface area (Å²) < 4.78 is 7.49. The van der Waals surface area contributed by atoms with Crippen LogP contribution >= 0.6 is 0 Å². The molecular formula is C11H7N3. The molecule has 0 unspecified atom stereocenters. The van der Waals surface area contributed by atoms with Gasteiger partial charge in [0.15, 0.2) is 0 Å². The van der Waals surface area contributed by atoms with Crippen LogP contribution in [0.5, 0.6) is 0 Å². The monoisotopic (exact) mass is 182 g/mol. The van der Waals surface area contributed by atoms with E-state index in [1.807, 2.05) is 12.1 Å². The zero-order valence-electron chi connectivity index (χ0n) is 8.31. The second-order valence-corrected chi connectivity index (χ2v) is 3.03. The van der Waals surface area contributed by atoms with Gasteiger partial charge in [-0.05, 0) is 12.1 Å². The molecule has 3 aromatic rings. The predicted molar refractivity (Wildman–Crippen MR) is 54.8 cm³/mol. The predicted octanol–water partition coefficient (Wildman–Crippen LogP) is 2.18. The lowest BCUT2D eigenvalue weighted by Crippen LogP contribution is -1.84. The Morgan fingerprint density at radius 1 is 1.14 bits per heavy atom. The number of fused-ring (bicyclic) bond motifs is 3. The van der Waals surface area contributed by atoms with E-state index in [1.165, 1.54) is 12.5 Å². The van der Waals surface area contributed by atoms with Crippen molar-refractivity contribution in [3.05, 3.63) is 43.0 Å². The molecule has 0 aliphatic carbocycles. The normalized spacial score (nSPS) is 11.9. The van der Waals surface area contributed by atoms with Gasteiger partial charge in [-0.2, -0.15) is 0 Å². The van der Waals surface area contributed by atoms with Crippen molar-refractivity contribution >= 4 is 21.8 Å². The molecule has 3 rings (SSSR count). The second kappa shape index (κ2) is 2.73. The lowest BCUT2D eigenvalue weighted by atomic mass is 10.1. The van der Waals surface area contributed by atoms with Crippen molar-refractivity contribution < 1.29 is 1.37 Å². The quantitative estimate of drug-likeness (QED) is 0.500. The van der Waals surface area contributed by atoms with Crippen LogP contribution < -0.4 is 0 Å². The van der Waals surface area contributed by atoms with Crippen LogP contribution in [0.1, 0.15) is 1.37 Å². The molecule has 0 aliphatic rings. The summed E-state index contributed by atoms with van der Waals surface area (Å²) in [7, 11) is 0. The maximum atomic E-state index is 7.49. The number of nitrogens with zero attached hydrogens (tertiary/aromatic N) is 3. The van der Waals surface area contributed by atoms with E-state index < -0.39 is 0 Å². The van der Waals surface area contributed by atoms with E-state index in [1.54, 1.807) is 12.3 Å². The molecule has 0 saturated heterocycles. The average Bonchev–Trinajstić information content (AvgIpc) is 2.28. The number of pyridine rings is 1. The summed E-state index contributed by atoms with van der Waals surface area (Å²) in [5, 5.41) is 1.87. The molecule has 0 aliphatic heterocycles. The molecule has 14 heavy (non-hydrogen) atoms. The lowest BCUT2D eigenvalue weighted by Gasteiger charge is -1.99. The van der Waals surface area contributed by atoms with E-state index in [2.05, 4.69) is 15.0 Å². The van der Waals surface area contributed by atoms with Crippen LogP contribution in [0, 0.1) is 0 Å². The molecule has 0 atom stereocenters. The van der Waals surface area contributed by atoms with Crippen LogP contribution in [0.3, 0.4) is 0 Å². The Kier molecular flexibility index (Phi) is 1.26. The topological polar surface area (TPSA) is 38.7 Å². The van der Waals surface area contributed by atoms with Crippen molar-refractivity contribution in [3.63, 3.8) is 0 Å². The Hall–Kier alpha value is -2.03. The highest BCUT2D eigenvalue weighted by molar-refractivity contribution is 6.02. The van der Waals surface area contributed by atoms with Crippen LogP contribution in [0.15, 0.2) is 43.0 Å². The Labute approximate surface area is 81.9 Å². The average molecular weight is 182 g/mol. The van der Waals surface area contributed by atoms with Gasteiger partial charge in [0.05, 0.1) is 12.4 Å². The molecule has 0 saturated carbocycles. The zero-order chi connectivity index (χ0) is 10.3. The molecule has 1 aromatic carbocycles. The Bertz CT molecular complexity index is 651. The highest BCUT2D eigenvalue weighted by Gasteiger charge is 2.00. The Morgan fingerprint density at radius 2 is 2.14 bits per heavy atom. The molecule has 0 fully saturated rings. The SMILES string of the molecule is [2H]c1cnc2c(ccc3ncncc32)c1.